The summed E-state index contributed by atoms with van der Waals surface area (Å²) < 4.78 is 5.58. The van der Waals surface area contributed by atoms with Crippen molar-refractivity contribution in [1.29, 1.82) is 0 Å². The minimum absolute atomic E-state index is 0.165. The van der Waals surface area contributed by atoms with Crippen LogP contribution in [-0.2, 0) is 4.74 Å². The second kappa shape index (κ2) is 7.13. The Bertz CT molecular complexity index is 280. The number of rotatable bonds is 4. The van der Waals surface area contributed by atoms with Gasteiger partial charge >= 0.3 is 6.09 Å². The minimum Gasteiger partial charge on any atom is -0.444 e. The van der Waals surface area contributed by atoms with Crippen LogP contribution in [0.3, 0.4) is 0 Å². The SMILES string of the molecule is CNCC(C)N(C(=O)OC(C)(C)C)C1CCCCC1. The number of carbonyl (C=O) groups is 1. The zero-order valence-corrected chi connectivity index (χ0v) is 13.2. The zero-order valence-electron chi connectivity index (χ0n) is 13.2. The number of carbonyl (C=O) groups excluding carboxylic acids is 1. The monoisotopic (exact) mass is 270 g/mol. The number of nitrogens with zero attached hydrogens (tertiary/aromatic N) is 1. The maximum absolute atomic E-state index is 12.5. The quantitative estimate of drug-likeness (QED) is 0.853. The average Bonchev–Trinajstić information content (AvgIpc) is 2.28. The van der Waals surface area contributed by atoms with Crippen molar-refractivity contribution in [2.24, 2.45) is 0 Å². The van der Waals surface area contributed by atoms with E-state index in [1.54, 1.807) is 0 Å². The molecule has 1 fully saturated rings. The van der Waals surface area contributed by atoms with E-state index in [1.807, 2.05) is 32.7 Å². The molecule has 0 bridgehead atoms. The third-order valence-corrected chi connectivity index (χ3v) is 3.55. The highest BCUT2D eigenvalue weighted by molar-refractivity contribution is 5.69. The summed E-state index contributed by atoms with van der Waals surface area (Å²) in [6.45, 7) is 8.66. The Morgan fingerprint density at radius 3 is 2.37 bits per heavy atom. The third kappa shape index (κ3) is 5.39. The van der Waals surface area contributed by atoms with E-state index in [0.717, 1.165) is 19.4 Å². The lowest BCUT2D eigenvalue weighted by molar-refractivity contribution is 0.00238. The van der Waals surface area contributed by atoms with Crippen molar-refractivity contribution in [3.63, 3.8) is 0 Å². The number of ether oxygens (including phenoxy) is 1. The van der Waals surface area contributed by atoms with Gasteiger partial charge in [-0.05, 0) is 47.6 Å². The van der Waals surface area contributed by atoms with Gasteiger partial charge in [0.25, 0.3) is 0 Å². The van der Waals surface area contributed by atoms with Gasteiger partial charge in [0.1, 0.15) is 5.60 Å². The number of amides is 1. The molecule has 19 heavy (non-hydrogen) atoms. The first-order chi connectivity index (χ1) is 8.85. The van der Waals surface area contributed by atoms with Gasteiger partial charge in [-0.15, -0.1) is 0 Å². The van der Waals surface area contributed by atoms with Crippen molar-refractivity contribution < 1.29 is 9.53 Å². The van der Waals surface area contributed by atoms with E-state index < -0.39 is 5.60 Å². The number of likely N-dealkylation sites (N-methyl/N-ethyl adjacent to an activating group) is 1. The lowest BCUT2D eigenvalue weighted by Crippen LogP contribution is -2.51. The predicted molar refractivity (Wildman–Crippen MR) is 78.3 cm³/mol. The second-order valence-electron chi connectivity index (χ2n) is 6.59. The van der Waals surface area contributed by atoms with Crippen molar-refractivity contribution in [3.8, 4) is 0 Å². The summed E-state index contributed by atoms with van der Waals surface area (Å²) in [7, 11) is 1.92. The number of hydrogen-bond acceptors (Lipinski definition) is 3. The fraction of sp³-hybridized carbons (Fsp3) is 0.933. The summed E-state index contributed by atoms with van der Waals surface area (Å²) in [5, 5.41) is 3.16. The largest absolute Gasteiger partial charge is 0.444 e. The van der Waals surface area contributed by atoms with Gasteiger partial charge in [-0.3, -0.25) is 0 Å². The molecule has 1 atom stereocenters. The molecule has 0 aliphatic heterocycles. The van der Waals surface area contributed by atoms with Crippen LogP contribution in [0.1, 0.15) is 59.8 Å². The Hall–Kier alpha value is -0.770. The highest BCUT2D eigenvalue weighted by atomic mass is 16.6. The Kier molecular flexibility index (Phi) is 6.11. The molecule has 0 aromatic heterocycles. The highest BCUT2D eigenvalue weighted by Gasteiger charge is 2.32. The van der Waals surface area contributed by atoms with Gasteiger partial charge in [0.2, 0.25) is 0 Å². The van der Waals surface area contributed by atoms with E-state index in [-0.39, 0.29) is 12.1 Å². The van der Waals surface area contributed by atoms with E-state index in [2.05, 4.69) is 12.2 Å². The normalized spacial score (nSPS) is 19.0. The Balaban J connectivity index is 2.75. The molecular weight excluding hydrogens is 240 g/mol. The first kappa shape index (κ1) is 16.3. The van der Waals surface area contributed by atoms with Crippen LogP contribution in [0, 0.1) is 0 Å². The van der Waals surface area contributed by atoms with Crippen LogP contribution in [-0.4, -0.2) is 42.3 Å². The Labute approximate surface area is 117 Å². The molecule has 0 heterocycles. The van der Waals surface area contributed by atoms with Gasteiger partial charge in [0, 0.05) is 18.6 Å². The predicted octanol–water partition coefficient (Wildman–Crippen LogP) is 3.16. The number of hydrogen-bond donors (Lipinski definition) is 1. The van der Waals surface area contributed by atoms with Gasteiger partial charge in [-0.1, -0.05) is 19.3 Å². The highest BCUT2D eigenvalue weighted by Crippen LogP contribution is 2.25. The molecular formula is C15H30N2O2. The maximum atomic E-state index is 12.5. The van der Waals surface area contributed by atoms with Crippen molar-refractivity contribution in [2.75, 3.05) is 13.6 Å². The fourth-order valence-electron chi connectivity index (χ4n) is 2.76. The zero-order chi connectivity index (χ0) is 14.5. The lowest BCUT2D eigenvalue weighted by Gasteiger charge is -2.39. The molecule has 1 N–H and O–H groups in total. The smallest absolute Gasteiger partial charge is 0.410 e. The summed E-state index contributed by atoms with van der Waals surface area (Å²) in [5.74, 6) is 0. The van der Waals surface area contributed by atoms with Gasteiger partial charge in [0.05, 0.1) is 0 Å². The topological polar surface area (TPSA) is 41.6 Å². The summed E-state index contributed by atoms with van der Waals surface area (Å²) in [6, 6.07) is 0.509. The molecule has 1 saturated carbocycles. The Morgan fingerprint density at radius 1 is 1.32 bits per heavy atom. The molecule has 0 aromatic rings. The molecule has 0 saturated heterocycles. The van der Waals surface area contributed by atoms with Crippen LogP contribution in [0.4, 0.5) is 4.79 Å². The molecule has 0 spiro atoms. The van der Waals surface area contributed by atoms with Crippen LogP contribution in [0.25, 0.3) is 0 Å². The van der Waals surface area contributed by atoms with E-state index in [1.165, 1.54) is 19.3 Å². The van der Waals surface area contributed by atoms with Crippen LogP contribution in [0.15, 0.2) is 0 Å². The third-order valence-electron chi connectivity index (χ3n) is 3.55. The lowest BCUT2D eigenvalue weighted by atomic mass is 9.93. The summed E-state index contributed by atoms with van der Waals surface area (Å²) in [4.78, 5) is 14.4. The van der Waals surface area contributed by atoms with Crippen LogP contribution in [0.5, 0.6) is 0 Å². The molecule has 1 aliphatic carbocycles. The summed E-state index contributed by atoms with van der Waals surface area (Å²) in [6.07, 6.45) is 5.77. The molecule has 0 aromatic carbocycles. The fourth-order valence-corrected chi connectivity index (χ4v) is 2.76. The van der Waals surface area contributed by atoms with Crippen LogP contribution in [0.2, 0.25) is 0 Å². The van der Waals surface area contributed by atoms with Gasteiger partial charge in [-0.2, -0.15) is 0 Å². The molecule has 0 radical (unpaired) electrons. The van der Waals surface area contributed by atoms with E-state index >= 15 is 0 Å². The second-order valence-corrected chi connectivity index (χ2v) is 6.59. The Morgan fingerprint density at radius 2 is 1.89 bits per heavy atom. The van der Waals surface area contributed by atoms with Crippen LogP contribution >= 0.6 is 0 Å². The van der Waals surface area contributed by atoms with Crippen molar-refractivity contribution in [2.45, 2.75) is 77.5 Å². The molecule has 1 unspecified atom stereocenters. The number of nitrogens with one attached hydrogen (secondary N) is 1. The van der Waals surface area contributed by atoms with E-state index in [0.29, 0.717) is 6.04 Å². The molecule has 4 nitrogen and oxygen atoms in total. The van der Waals surface area contributed by atoms with Crippen LogP contribution < -0.4 is 5.32 Å². The molecule has 112 valence electrons. The van der Waals surface area contributed by atoms with Crippen molar-refractivity contribution >= 4 is 6.09 Å². The average molecular weight is 270 g/mol. The van der Waals surface area contributed by atoms with Gasteiger partial charge in [0.15, 0.2) is 0 Å². The van der Waals surface area contributed by atoms with E-state index in [9.17, 15) is 4.79 Å². The molecule has 1 aliphatic rings. The standard InChI is InChI=1S/C15H30N2O2/c1-12(11-16-5)17(13-9-7-6-8-10-13)14(18)19-15(2,3)4/h12-13,16H,6-11H2,1-5H3. The summed E-state index contributed by atoms with van der Waals surface area (Å²) >= 11 is 0. The first-order valence-electron chi connectivity index (χ1n) is 7.51. The maximum Gasteiger partial charge on any atom is 0.410 e. The summed E-state index contributed by atoms with van der Waals surface area (Å²) in [5.41, 5.74) is -0.427. The first-order valence-corrected chi connectivity index (χ1v) is 7.51. The van der Waals surface area contributed by atoms with Crippen molar-refractivity contribution in [3.05, 3.63) is 0 Å². The van der Waals surface area contributed by atoms with Gasteiger partial charge < -0.3 is 15.0 Å². The minimum atomic E-state index is -0.427. The molecule has 1 amide bonds. The molecule has 1 rings (SSSR count). The van der Waals surface area contributed by atoms with Crippen molar-refractivity contribution in [1.82, 2.24) is 10.2 Å². The van der Waals surface area contributed by atoms with Gasteiger partial charge in [-0.25, -0.2) is 4.79 Å². The van der Waals surface area contributed by atoms with E-state index in [4.69, 9.17) is 4.74 Å². The molecule has 4 heteroatoms.